The monoisotopic (exact) mass is 209 g/mol. The van der Waals surface area contributed by atoms with Crippen molar-refractivity contribution in [1.82, 2.24) is 5.32 Å². The molecular formula is C12H16FNO. The Balaban J connectivity index is 2.34. The van der Waals surface area contributed by atoms with Crippen molar-refractivity contribution < 1.29 is 9.50 Å². The molecule has 1 aliphatic heterocycles. The highest BCUT2D eigenvalue weighted by atomic mass is 19.1. The molecule has 0 unspecified atom stereocenters. The minimum atomic E-state index is -0.849. The van der Waals surface area contributed by atoms with Gasteiger partial charge in [-0.25, -0.2) is 4.39 Å². The fourth-order valence-corrected chi connectivity index (χ4v) is 2.13. The standard InChI is InChI=1S/C12H16FNO/c1-9-6-10(8-11(13)7-9)12(15)2-4-14-5-3-12/h6-8,14-15H,2-5H2,1H3. The number of hydrogen-bond donors (Lipinski definition) is 2. The first kappa shape index (κ1) is 10.6. The SMILES string of the molecule is Cc1cc(F)cc(C2(O)CCNCC2)c1. The summed E-state index contributed by atoms with van der Waals surface area (Å²) in [5.74, 6) is -0.267. The Hall–Kier alpha value is -0.930. The van der Waals surface area contributed by atoms with E-state index in [-0.39, 0.29) is 5.82 Å². The number of rotatable bonds is 1. The maximum atomic E-state index is 13.2. The van der Waals surface area contributed by atoms with Crippen LogP contribution in [0.3, 0.4) is 0 Å². The highest BCUT2D eigenvalue weighted by Gasteiger charge is 2.31. The minimum Gasteiger partial charge on any atom is -0.385 e. The van der Waals surface area contributed by atoms with Crippen molar-refractivity contribution in [2.75, 3.05) is 13.1 Å². The van der Waals surface area contributed by atoms with Gasteiger partial charge in [0.25, 0.3) is 0 Å². The van der Waals surface area contributed by atoms with E-state index < -0.39 is 5.60 Å². The molecule has 1 saturated heterocycles. The van der Waals surface area contributed by atoms with Gasteiger partial charge in [0.1, 0.15) is 5.82 Å². The molecule has 3 heteroatoms. The molecule has 1 heterocycles. The third kappa shape index (κ3) is 2.19. The quantitative estimate of drug-likeness (QED) is 0.738. The predicted molar refractivity (Wildman–Crippen MR) is 57.1 cm³/mol. The topological polar surface area (TPSA) is 32.3 Å². The lowest BCUT2D eigenvalue weighted by Crippen LogP contribution is -2.39. The predicted octanol–water partition coefficient (Wildman–Crippen LogP) is 1.71. The molecule has 0 saturated carbocycles. The van der Waals surface area contributed by atoms with Crippen molar-refractivity contribution in [2.24, 2.45) is 0 Å². The Morgan fingerprint density at radius 2 is 1.93 bits per heavy atom. The summed E-state index contributed by atoms with van der Waals surface area (Å²) in [6.45, 7) is 3.41. The first-order chi connectivity index (χ1) is 7.10. The first-order valence-corrected chi connectivity index (χ1v) is 5.31. The van der Waals surface area contributed by atoms with Gasteiger partial charge in [-0.15, -0.1) is 0 Å². The number of hydrogen-bond acceptors (Lipinski definition) is 2. The summed E-state index contributed by atoms with van der Waals surface area (Å²) in [6, 6.07) is 4.79. The fourth-order valence-electron chi connectivity index (χ4n) is 2.13. The third-order valence-corrected chi connectivity index (χ3v) is 3.01. The average Bonchev–Trinajstić information content (AvgIpc) is 2.17. The second-order valence-electron chi connectivity index (χ2n) is 4.30. The summed E-state index contributed by atoms with van der Waals surface area (Å²) in [6.07, 6.45) is 1.30. The molecule has 2 rings (SSSR count). The van der Waals surface area contributed by atoms with Gasteiger partial charge in [-0.05, 0) is 56.1 Å². The molecule has 0 bridgehead atoms. The Bertz CT molecular complexity index is 338. The van der Waals surface area contributed by atoms with Gasteiger partial charge in [0.05, 0.1) is 5.60 Å². The summed E-state index contributed by atoms with van der Waals surface area (Å²) in [4.78, 5) is 0. The van der Waals surface area contributed by atoms with Crippen LogP contribution in [0.15, 0.2) is 18.2 Å². The zero-order valence-corrected chi connectivity index (χ0v) is 8.89. The summed E-state index contributed by atoms with van der Waals surface area (Å²) >= 11 is 0. The molecule has 2 N–H and O–H groups in total. The van der Waals surface area contributed by atoms with Crippen LogP contribution in [0.2, 0.25) is 0 Å². The van der Waals surface area contributed by atoms with E-state index in [2.05, 4.69) is 5.32 Å². The maximum Gasteiger partial charge on any atom is 0.123 e. The smallest absolute Gasteiger partial charge is 0.123 e. The van der Waals surface area contributed by atoms with E-state index in [4.69, 9.17) is 0 Å². The molecule has 0 amide bonds. The number of piperidine rings is 1. The van der Waals surface area contributed by atoms with Crippen LogP contribution in [0.4, 0.5) is 4.39 Å². The average molecular weight is 209 g/mol. The van der Waals surface area contributed by atoms with Gasteiger partial charge in [-0.2, -0.15) is 0 Å². The number of halogens is 1. The summed E-state index contributed by atoms with van der Waals surface area (Å²) in [5.41, 5.74) is 0.719. The van der Waals surface area contributed by atoms with Crippen molar-refractivity contribution in [2.45, 2.75) is 25.4 Å². The van der Waals surface area contributed by atoms with Gasteiger partial charge in [0.2, 0.25) is 0 Å². The molecule has 1 aromatic rings. The second-order valence-corrected chi connectivity index (χ2v) is 4.30. The van der Waals surface area contributed by atoms with E-state index in [1.807, 2.05) is 13.0 Å². The van der Waals surface area contributed by atoms with Crippen LogP contribution in [-0.2, 0) is 5.60 Å². The second kappa shape index (κ2) is 3.91. The highest BCUT2D eigenvalue weighted by Crippen LogP contribution is 2.31. The minimum absolute atomic E-state index is 0.267. The molecule has 1 aromatic carbocycles. The zero-order valence-electron chi connectivity index (χ0n) is 8.89. The zero-order chi connectivity index (χ0) is 10.9. The lowest BCUT2D eigenvalue weighted by Gasteiger charge is -2.33. The van der Waals surface area contributed by atoms with Gasteiger partial charge in [-0.1, -0.05) is 6.07 Å². The van der Waals surface area contributed by atoms with Crippen LogP contribution in [0, 0.1) is 12.7 Å². The van der Waals surface area contributed by atoms with E-state index in [1.54, 1.807) is 0 Å². The van der Waals surface area contributed by atoms with E-state index in [1.165, 1.54) is 12.1 Å². The summed E-state index contributed by atoms with van der Waals surface area (Å²) in [7, 11) is 0. The molecule has 1 fully saturated rings. The van der Waals surface area contributed by atoms with Gasteiger partial charge >= 0.3 is 0 Å². The molecule has 82 valence electrons. The van der Waals surface area contributed by atoms with E-state index >= 15 is 0 Å². The van der Waals surface area contributed by atoms with Gasteiger partial charge < -0.3 is 10.4 Å². The number of nitrogens with one attached hydrogen (secondary N) is 1. The maximum absolute atomic E-state index is 13.2. The van der Waals surface area contributed by atoms with Crippen molar-refractivity contribution in [3.8, 4) is 0 Å². The Labute approximate surface area is 89.1 Å². The lowest BCUT2D eigenvalue weighted by molar-refractivity contribution is 0.00562. The van der Waals surface area contributed by atoms with Crippen molar-refractivity contribution in [3.05, 3.63) is 35.1 Å². The number of benzene rings is 1. The van der Waals surface area contributed by atoms with Crippen molar-refractivity contribution >= 4 is 0 Å². The Kier molecular flexibility index (Phi) is 2.76. The van der Waals surface area contributed by atoms with E-state index in [0.717, 1.165) is 18.7 Å². The van der Waals surface area contributed by atoms with E-state index in [0.29, 0.717) is 18.4 Å². The molecule has 0 spiro atoms. The molecule has 0 radical (unpaired) electrons. The number of aryl methyl sites for hydroxylation is 1. The van der Waals surface area contributed by atoms with Crippen molar-refractivity contribution in [1.29, 1.82) is 0 Å². The van der Waals surface area contributed by atoms with Crippen LogP contribution in [0.5, 0.6) is 0 Å². The fraction of sp³-hybridized carbons (Fsp3) is 0.500. The molecule has 1 aliphatic rings. The Morgan fingerprint density at radius 1 is 1.27 bits per heavy atom. The molecular weight excluding hydrogens is 193 g/mol. The molecule has 2 nitrogen and oxygen atoms in total. The highest BCUT2D eigenvalue weighted by molar-refractivity contribution is 5.29. The molecule has 0 aromatic heterocycles. The molecule has 15 heavy (non-hydrogen) atoms. The van der Waals surface area contributed by atoms with Crippen LogP contribution in [0.1, 0.15) is 24.0 Å². The van der Waals surface area contributed by atoms with E-state index in [9.17, 15) is 9.50 Å². The van der Waals surface area contributed by atoms with Crippen LogP contribution in [-0.4, -0.2) is 18.2 Å². The van der Waals surface area contributed by atoms with Crippen LogP contribution < -0.4 is 5.32 Å². The lowest BCUT2D eigenvalue weighted by atomic mass is 9.84. The van der Waals surface area contributed by atoms with Gasteiger partial charge in [-0.3, -0.25) is 0 Å². The third-order valence-electron chi connectivity index (χ3n) is 3.01. The van der Waals surface area contributed by atoms with Gasteiger partial charge in [0.15, 0.2) is 0 Å². The summed E-state index contributed by atoms with van der Waals surface area (Å²) in [5, 5.41) is 13.6. The first-order valence-electron chi connectivity index (χ1n) is 5.31. The summed E-state index contributed by atoms with van der Waals surface area (Å²) < 4.78 is 13.2. The van der Waals surface area contributed by atoms with Crippen LogP contribution >= 0.6 is 0 Å². The normalized spacial score (nSPS) is 20.2. The Morgan fingerprint density at radius 3 is 2.53 bits per heavy atom. The van der Waals surface area contributed by atoms with Crippen molar-refractivity contribution in [3.63, 3.8) is 0 Å². The largest absolute Gasteiger partial charge is 0.385 e. The molecule has 0 atom stereocenters. The molecule has 0 aliphatic carbocycles. The van der Waals surface area contributed by atoms with Crippen LogP contribution in [0.25, 0.3) is 0 Å². The number of aliphatic hydroxyl groups is 1. The van der Waals surface area contributed by atoms with Gasteiger partial charge in [0, 0.05) is 0 Å².